The summed E-state index contributed by atoms with van der Waals surface area (Å²) in [5, 5.41) is 11.4. The zero-order chi connectivity index (χ0) is 28.2. The van der Waals surface area contributed by atoms with Crippen LogP contribution >= 0.6 is 0 Å². The minimum Gasteiger partial charge on any atom is -0.497 e. The first-order chi connectivity index (χ1) is 18.7. The summed E-state index contributed by atoms with van der Waals surface area (Å²) in [6.45, 7) is 7.90. The van der Waals surface area contributed by atoms with Crippen molar-refractivity contribution >= 4 is 5.97 Å². The van der Waals surface area contributed by atoms with Crippen LogP contribution in [-0.4, -0.2) is 25.3 Å². The topological polar surface area (TPSA) is 65.0 Å². The molecule has 206 valence electrons. The summed E-state index contributed by atoms with van der Waals surface area (Å²) in [5.74, 6) is 1.21. The van der Waals surface area contributed by atoms with Gasteiger partial charge in [0.1, 0.15) is 23.9 Å². The van der Waals surface area contributed by atoms with Gasteiger partial charge in [-0.1, -0.05) is 44.2 Å². The predicted octanol–water partition coefficient (Wildman–Crippen LogP) is 7.38. The van der Waals surface area contributed by atoms with Gasteiger partial charge in [-0.2, -0.15) is 0 Å². The molecule has 1 aliphatic carbocycles. The monoisotopic (exact) mass is 532 g/mol. The predicted molar refractivity (Wildman–Crippen MR) is 150 cm³/mol. The van der Waals surface area contributed by atoms with E-state index in [0.29, 0.717) is 40.5 Å². The Balaban J connectivity index is 1.62. The molecule has 3 aromatic carbocycles. The van der Waals surface area contributed by atoms with Gasteiger partial charge in [0.05, 0.1) is 26.7 Å². The SMILES string of the molecule is C=CC(C)(C)C(O)c1cc(COc2cccc(C(CC(=O)OC)C3CC3)c2)ccc1-c1cc(OC)ccc1F. The zero-order valence-corrected chi connectivity index (χ0v) is 23.1. The summed E-state index contributed by atoms with van der Waals surface area (Å²) >= 11 is 0. The normalized spacial score (nSPS) is 14.8. The van der Waals surface area contributed by atoms with Crippen LogP contribution in [0, 0.1) is 17.2 Å². The molecule has 0 radical (unpaired) electrons. The van der Waals surface area contributed by atoms with Crippen LogP contribution in [0.2, 0.25) is 0 Å². The van der Waals surface area contributed by atoms with E-state index in [1.165, 1.54) is 20.3 Å². The molecule has 2 unspecified atom stereocenters. The summed E-state index contributed by atoms with van der Waals surface area (Å²) < 4.78 is 31.3. The summed E-state index contributed by atoms with van der Waals surface area (Å²) in [7, 11) is 2.95. The van der Waals surface area contributed by atoms with Crippen molar-refractivity contribution in [3.05, 3.63) is 95.8 Å². The van der Waals surface area contributed by atoms with Crippen LogP contribution in [0.4, 0.5) is 4.39 Å². The molecule has 2 atom stereocenters. The maximum absolute atomic E-state index is 14.9. The maximum atomic E-state index is 14.9. The lowest BCUT2D eigenvalue weighted by molar-refractivity contribution is -0.141. The van der Waals surface area contributed by atoms with E-state index in [0.717, 1.165) is 24.0 Å². The number of aliphatic hydroxyl groups excluding tert-OH is 1. The molecule has 0 saturated heterocycles. The molecule has 6 heteroatoms. The Bertz CT molecular complexity index is 1330. The minimum atomic E-state index is -0.934. The number of rotatable bonds is 12. The van der Waals surface area contributed by atoms with Gasteiger partial charge in [-0.05, 0) is 83.3 Å². The van der Waals surface area contributed by atoms with Crippen molar-refractivity contribution in [2.24, 2.45) is 11.3 Å². The van der Waals surface area contributed by atoms with E-state index in [2.05, 4.69) is 6.58 Å². The molecule has 0 aromatic heterocycles. The fraction of sp³-hybridized carbons (Fsp3) is 0.364. The van der Waals surface area contributed by atoms with E-state index in [1.54, 1.807) is 18.2 Å². The first-order valence-electron chi connectivity index (χ1n) is 13.2. The van der Waals surface area contributed by atoms with Crippen LogP contribution in [-0.2, 0) is 16.1 Å². The van der Waals surface area contributed by atoms with Gasteiger partial charge in [0, 0.05) is 11.0 Å². The van der Waals surface area contributed by atoms with Crippen LogP contribution in [0.15, 0.2) is 73.3 Å². The summed E-state index contributed by atoms with van der Waals surface area (Å²) in [5.41, 5.74) is 2.74. The molecular formula is C33H37FO5. The highest BCUT2D eigenvalue weighted by atomic mass is 19.1. The van der Waals surface area contributed by atoms with Gasteiger partial charge >= 0.3 is 5.97 Å². The van der Waals surface area contributed by atoms with E-state index < -0.39 is 17.3 Å². The highest BCUT2D eigenvalue weighted by Crippen LogP contribution is 2.45. The van der Waals surface area contributed by atoms with Gasteiger partial charge in [0.25, 0.3) is 0 Å². The number of benzene rings is 3. The number of hydrogen-bond acceptors (Lipinski definition) is 5. The van der Waals surface area contributed by atoms with E-state index in [9.17, 15) is 14.3 Å². The second-order valence-electron chi connectivity index (χ2n) is 10.8. The van der Waals surface area contributed by atoms with Gasteiger partial charge in [0.15, 0.2) is 0 Å². The molecule has 39 heavy (non-hydrogen) atoms. The second kappa shape index (κ2) is 12.0. The Hall–Kier alpha value is -3.64. The second-order valence-corrected chi connectivity index (χ2v) is 10.8. The van der Waals surface area contributed by atoms with Crippen molar-refractivity contribution in [1.29, 1.82) is 0 Å². The molecule has 0 aliphatic heterocycles. The average molecular weight is 533 g/mol. The molecule has 1 aliphatic rings. The standard InChI is InChI=1S/C33H37FO5/c1-6-33(2,3)32(36)29-16-21(10-14-26(29)28-18-24(37-4)13-15-30(28)34)20-39-25-9-7-8-23(17-25)27(22-11-12-22)19-31(35)38-5/h6-10,13-18,22,27,32,36H,1,11-12,19-20H2,2-5H3. The third kappa shape index (κ3) is 6.69. The lowest BCUT2D eigenvalue weighted by Gasteiger charge is -2.29. The van der Waals surface area contributed by atoms with Crippen molar-refractivity contribution in [2.75, 3.05) is 14.2 Å². The first kappa shape index (κ1) is 28.4. The van der Waals surface area contributed by atoms with Crippen molar-refractivity contribution in [1.82, 2.24) is 0 Å². The number of aliphatic hydroxyl groups is 1. The zero-order valence-electron chi connectivity index (χ0n) is 23.1. The molecule has 0 spiro atoms. The molecule has 1 saturated carbocycles. The van der Waals surface area contributed by atoms with Gasteiger partial charge in [0.2, 0.25) is 0 Å². The Kier molecular flexibility index (Phi) is 8.76. The van der Waals surface area contributed by atoms with E-state index >= 15 is 0 Å². The average Bonchev–Trinajstić information content (AvgIpc) is 3.80. The molecule has 3 aromatic rings. The van der Waals surface area contributed by atoms with Crippen LogP contribution < -0.4 is 9.47 Å². The van der Waals surface area contributed by atoms with E-state index in [-0.39, 0.29) is 18.5 Å². The first-order valence-corrected chi connectivity index (χ1v) is 13.2. The highest BCUT2D eigenvalue weighted by Gasteiger charge is 2.34. The van der Waals surface area contributed by atoms with Crippen molar-refractivity contribution < 1.29 is 28.5 Å². The van der Waals surface area contributed by atoms with E-state index in [1.807, 2.05) is 56.3 Å². The quantitative estimate of drug-likeness (QED) is 0.195. The van der Waals surface area contributed by atoms with Gasteiger partial charge in [-0.3, -0.25) is 4.79 Å². The number of carbonyl (C=O) groups is 1. The number of esters is 1. The summed E-state index contributed by atoms with van der Waals surface area (Å²) in [6.07, 6.45) is 3.34. The number of carbonyl (C=O) groups excluding carboxylic acids is 1. The molecule has 4 rings (SSSR count). The lowest BCUT2D eigenvalue weighted by atomic mass is 9.79. The molecule has 0 amide bonds. The molecule has 0 bridgehead atoms. The summed E-state index contributed by atoms with van der Waals surface area (Å²) in [4.78, 5) is 12.0. The Morgan fingerprint density at radius 3 is 2.51 bits per heavy atom. The van der Waals surface area contributed by atoms with Crippen molar-refractivity contribution in [2.45, 2.75) is 51.7 Å². The van der Waals surface area contributed by atoms with Crippen LogP contribution in [0.25, 0.3) is 11.1 Å². The number of halogens is 1. The highest BCUT2D eigenvalue weighted by molar-refractivity contribution is 5.71. The Labute approximate surface area is 230 Å². The fourth-order valence-electron chi connectivity index (χ4n) is 4.84. The van der Waals surface area contributed by atoms with Crippen molar-refractivity contribution in [3.63, 3.8) is 0 Å². The smallest absolute Gasteiger partial charge is 0.306 e. The van der Waals surface area contributed by atoms with Gasteiger partial charge in [-0.15, -0.1) is 6.58 Å². The van der Waals surface area contributed by atoms with Crippen molar-refractivity contribution in [3.8, 4) is 22.6 Å². The third-order valence-corrected chi connectivity index (χ3v) is 7.60. The van der Waals surface area contributed by atoms with E-state index in [4.69, 9.17) is 14.2 Å². The fourth-order valence-corrected chi connectivity index (χ4v) is 4.84. The van der Waals surface area contributed by atoms with Gasteiger partial charge in [-0.25, -0.2) is 4.39 Å². The molecule has 1 N–H and O–H groups in total. The van der Waals surface area contributed by atoms with Gasteiger partial charge < -0.3 is 19.3 Å². The Morgan fingerprint density at radius 1 is 1.08 bits per heavy atom. The number of methoxy groups -OCH3 is 2. The third-order valence-electron chi connectivity index (χ3n) is 7.60. The van der Waals surface area contributed by atoms with Crippen LogP contribution in [0.1, 0.15) is 61.8 Å². The molecular weight excluding hydrogens is 495 g/mol. The summed E-state index contributed by atoms with van der Waals surface area (Å²) in [6, 6.07) is 18.0. The molecule has 0 heterocycles. The van der Waals surface area contributed by atoms with Crippen LogP contribution in [0.3, 0.4) is 0 Å². The minimum absolute atomic E-state index is 0.112. The molecule has 5 nitrogen and oxygen atoms in total. The molecule has 1 fully saturated rings. The number of ether oxygens (including phenoxy) is 3. The van der Waals surface area contributed by atoms with Crippen LogP contribution in [0.5, 0.6) is 11.5 Å². The lowest BCUT2D eigenvalue weighted by Crippen LogP contribution is -2.20. The largest absolute Gasteiger partial charge is 0.497 e. The Morgan fingerprint density at radius 2 is 1.85 bits per heavy atom. The maximum Gasteiger partial charge on any atom is 0.306 e. The number of hydrogen-bond donors (Lipinski definition) is 1.